The van der Waals surface area contributed by atoms with Crippen molar-refractivity contribution in [3.63, 3.8) is 0 Å². The van der Waals surface area contributed by atoms with Crippen LogP contribution in [-0.2, 0) is 19.7 Å². The highest BCUT2D eigenvalue weighted by molar-refractivity contribution is 9.10. The predicted octanol–water partition coefficient (Wildman–Crippen LogP) is 3.48. The lowest BCUT2D eigenvalue weighted by molar-refractivity contribution is -0.146. The highest BCUT2D eigenvalue weighted by atomic mass is 79.9. The van der Waals surface area contributed by atoms with Crippen molar-refractivity contribution < 1.29 is 14.3 Å². The van der Waals surface area contributed by atoms with E-state index in [2.05, 4.69) is 33.0 Å². The minimum atomic E-state index is -0.284. The molecule has 0 unspecified atom stereocenters. The Bertz CT molecular complexity index is 585. The molecule has 3 aliphatic rings. The first kappa shape index (κ1) is 16.6. The lowest BCUT2D eigenvalue weighted by atomic mass is 9.63. The molecule has 3 fully saturated rings. The standard InChI is InChI=1S/C19H24BrNO3/c20-16-4-2-15(3-5-16)19(8-1-9-19)18(22)21-10-6-14(7-11-21)17-23-12-13-24-17/h2-5,14,17H,1,6-13H2. The summed E-state index contributed by atoms with van der Waals surface area (Å²) in [6.45, 7) is 3.06. The van der Waals surface area contributed by atoms with Gasteiger partial charge in [-0.05, 0) is 43.4 Å². The molecule has 0 atom stereocenters. The van der Waals surface area contributed by atoms with Crippen molar-refractivity contribution in [1.29, 1.82) is 0 Å². The fourth-order valence-corrected chi connectivity index (χ4v) is 4.52. The third-order valence-corrected chi connectivity index (χ3v) is 6.40. The molecule has 5 heteroatoms. The number of nitrogens with zero attached hydrogens (tertiary/aromatic N) is 1. The molecule has 1 saturated carbocycles. The lowest BCUT2D eigenvalue weighted by Crippen LogP contribution is -2.53. The third kappa shape index (κ3) is 2.91. The van der Waals surface area contributed by atoms with Gasteiger partial charge in [-0.25, -0.2) is 0 Å². The number of ether oxygens (including phenoxy) is 2. The normalized spacial score (nSPS) is 24.8. The van der Waals surface area contributed by atoms with Crippen molar-refractivity contribution in [2.24, 2.45) is 5.92 Å². The zero-order chi connectivity index (χ0) is 16.6. The van der Waals surface area contributed by atoms with E-state index in [1.807, 2.05) is 12.1 Å². The second kappa shape index (κ2) is 6.77. The number of hydrogen-bond acceptors (Lipinski definition) is 3. The third-order valence-electron chi connectivity index (χ3n) is 5.87. The number of likely N-dealkylation sites (tertiary alicyclic amines) is 1. The number of hydrogen-bond donors (Lipinski definition) is 0. The van der Waals surface area contributed by atoms with Crippen molar-refractivity contribution in [2.75, 3.05) is 26.3 Å². The molecule has 0 radical (unpaired) electrons. The number of carbonyl (C=O) groups is 1. The fourth-order valence-electron chi connectivity index (χ4n) is 4.25. The van der Waals surface area contributed by atoms with Gasteiger partial charge in [-0.2, -0.15) is 0 Å². The van der Waals surface area contributed by atoms with E-state index in [1.54, 1.807) is 0 Å². The number of benzene rings is 1. The Labute approximate surface area is 151 Å². The molecular weight excluding hydrogens is 370 g/mol. The topological polar surface area (TPSA) is 38.8 Å². The van der Waals surface area contributed by atoms with Gasteiger partial charge in [-0.3, -0.25) is 4.79 Å². The van der Waals surface area contributed by atoms with Crippen LogP contribution in [0.4, 0.5) is 0 Å². The van der Waals surface area contributed by atoms with Crippen LogP contribution < -0.4 is 0 Å². The first-order valence-electron chi connectivity index (χ1n) is 8.98. The van der Waals surface area contributed by atoms with E-state index in [0.717, 1.165) is 49.7 Å². The molecule has 1 amide bonds. The summed E-state index contributed by atoms with van der Waals surface area (Å²) in [6.07, 6.45) is 5.00. The second-order valence-electron chi connectivity index (χ2n) is 7.18. The molecule has 1 aromatic rings. The lowest BCUT2D eigenvalue weighted by Gasteiger charge is -2.46. The average Bonchev–Trinajstić information content (AvgIpc) is 3.10. The number of piperidine rings is 1. The molecule has 4 rings (SSSR count). The van der Waals surface area contributed by atoms with E-state index in [-0.39, 0.29) is 11.7 Å². The van der Waals surface area contributed by atoms with Gasteiger partial charge in [0.25, 0.3) is 0 Å². The summed E-state index contributed by atoms with van der Waals surface area (Å²) in [7, 11) is 0. The Morgan fingerprint density at radius 1 is 1.08 bits per heavy atom. The summed E-state index contributed by atoms with van der Waals surface area (Å²) in [5.41, 5.74) is 0.889. The molecule has 0 aromatic heterocycles. The van der Waals surface area contributed by atoms with Gasteiger partial charge in [-0.1, -0.05) is 34.5 Å². The summed E-state index contributed by atoms with van der Waals surface area (Å²) in [5.74, 6) is 0.754. The summed E-state index contributed by atoms with van der Waals surface area (Å²) in [6, 6.07) is 8.30. The molecule has 130 valence electrons. The van der Waals surface area contributed by atoms with Gasteiger partial charge < -0.3 is 14.4 Å². The molecular formula is C19H24BrNO3. The number of halogens is 1. The van der Waals surface area contributed by atoms with Crippen LogP contribution in [0.25, 0.3) is 0 Å². The SMILES string of the molecule is O=C(N1CCC(C2OCCO2)CC1)C1(c2ccc(Br)cc2)CCC1. The van der Waals surface area contributed by atoms with Crippen molar-refractivity contribution in [2.45, 2.75) is 43.8 Å². The van der Waals surface area contributed by atoms with Crippen LogP contribution in [0.5, 0.6) is 0 Å². The van der Waals surface area contributed by atoms with E-state index in [0.29, 0.717) is 25.0 Å². The Balaban J connectivity index is 1.44. The van der Waals surface area contributed by atoms with Crippen LogP contribution in [-0.4, -0.2) is 43.4 Å². The first-order chi connectivity index (χ1) is 11.7. The van der Waals surface area contributed by atoms with Gasteiger partial charge in [0, 0.05) is 23.5 Å². The van der Waals surface area contributed by atoms with Crippen LogP contribution in [0, 0.1) is 5.92 Å². The molecule has 1 aliphatic carbocycles. The zero-order valence-corrected chi connectivity index (χ0v) is 15.5. The van der Waals surface area contributed by atoms with Gasteiger partial charge in [0.15, 0.2) is 6.29 Å². The predicted molar refractivity (Wildman–Crippen MR) is 94.7 cm³/mol. The zero-order valence-electron chi connectivity index (χ0n) is 13.9. The smallest absolute Gasteiger partial charge is 0.233 e. The molecule has 2 heterocycles. The Morgan fingerprint density at radius 3 is 2.25 bits per heavy atom. The molecule has 1 aromatic carbocycles. The minimum Gasteiger partial charge on any atom is -0.350 e. The largest absolute Gasteiger partial charge is 0.350 e. The molecule has 2 saturated heterocycles. The first-order valence-corrected chi connectivity index (χ1v) is 9.77. The molecule has 0 bridgehead atoms. The minimum absolute atomic E-state index is 0.0496. The van der Waals surface area contributed by atoms with Crippen LogP contribution in [0.2, 0.25) is 0 Å². The van der Waals surface area contributed by atoms with Crippen molar-refractivity contribution >= 4 is 21.8 Å². The fraction of sp³-hybridized carbons (Fsp3) is 0.632. The van der Waals surface area contributed by atoms with Crippen LogP contribution in [0.15, 0.2) is 28.7 Å². The Morgan fingerprint density at radius 2 is 1.71 bits per heavy atom. The molecule has 0 N–H and O–H groups in total. The Kier molecular flexibility index (Phi) is 4.67. The van der Waals surface area contributed by atoms with Gasteiger partial charge in [-0.15, -0.1) is 0 Å². The molecule has 4 nitrogen and oxygen atoms in total. The van der Waals surface area contributed by atoms with Crippen molar-refractivity contribution in [1.82, 2.24) is 4.90 Å². The van der Waals surface area contributed by atoms with Crippen LogP contribution in [0.1, 0.15) is 37.7 Å². The maximum Gasteiger partial charge on any atom is 0.233 e. The highest BCUT2D eigenvalue weighted by Crippen LogP contribution is 2.46. The van der Waals surface area contributed by atoms with E-state index in [1.165, 1.54) is 5.56 Å². The molecule has 24 heavy (non-hydrogen) atoms. The van der Waals surface area contributed by atoms with Gasteiger partial charge in [0.2, 0.25) is 5.91 Å². The van der Waals surface area contributed by atoms with E-state index in [9.17, 15) is 4.79 Å². The number of carbonyl (C=O) groups excluding carboxylic acids is 1. The van der Waals surface area contributed by atoms with Crippen LogP contribution >= 0.6 is 15.9 Å². The monoisotopic (exact) mass is 393 g/mol. The second-order valence-corrected chi connectivity index (χ2v) is 8.10. The highest BCUT2D eigenvalue weighted by Gasteiger charge is 2.48. The van der Waals surface area contributed by atoms with E-state index in [4.69, 9.17) is 9.47 Å². The summed E-state index contributed by atoms with van der Waals surface area (Å²) in [5, 5.41) is 0. The summed E-state index contributed by atoms with van der Waals surface area (Å²) >= 11 is 3.49. The molecule has 0 spiro atoms. The summed E-state index contributed by atoms with van der Waals surface area (Å²) in [4.78, 5) is 15.3. The van der Waals surface area contributed by atoms with Gasteiger partial charge in [0.1, 0.15) is 0 Å². The number of amides is 1. The van der Waals surface area contributed by atoms with E-state index < -0.39 is 0 Å². The van der Waals surface area contributed by atoms with E-state index >= 15 is 0 Å². The maximum atomic E-state index is 13.3. The van der Waals surface area contributed by atoms with Gasteiger partial charge in [0.05, 0.1) is 18.6 Å². The van der Waals surface area contributed by atoms with Crippen LogP contribution in [0.3, 0.4) is 0 Å². The quantitative estimate of drug-likeness (QED) is 0.788. The van der Waals surface area contributed by atoms with Crippen molar-refractivity contribution in [3.05, 3.63) is 34.3 Å². The maximum absolute atomic E-state index is 13.3. The number of rotatable bonds is 3. The Hall–Kier alpha value is -0.910. The average molecular weight is 394 g/mol. The van der Waals surface area contributed by atoms with Gasteiger partial charge >= 0.3 is 0 Å². The summed E-state index contributed by atoms with van der Waals surface area (Å²) < 4.78 is 12.3. The molecule has 2 aliphatic heterocycles. The van der Waals surface area contributed by atoms with Crippen molar-refractivity contribution in [3.8, 4) is 0 Å².